The summed E-state index contributed by atoms with van der Waals surface area (Å²) in [5.74, 6) is 1.60. The van der Waals surface area contributed by atoms with Gasteiger partial charge < -0.3 is 25.6 Å². The topological polar surface area (TPSA) is 78.0 Å². The highest BCUT2D eigenvalue weighted by atomic mass is 16.5. The molecule has 0 unspecified atom stereocenters. The number of nitrogens with zero attached hydrogens (tertiary/aromatic N) is 2. The third-order valence-electron chi connectivity index (χ3n) is 5.72. The van der Waals surface area contributed by atoms with Crippen molar-refractivity contribution in [1.29, 1.82) is 0 Å². The molecule has 1 saturated carbocycles. The summed E-state index contributed by atoms with van der Waals surface area (Å²) in [7, 11) is 0. The van der Waals surface area contributed by atoms with Crippen molar-refractivity contribution >= 4 is 11.9 Å². The fraction of sp³-hybridized carbons (Fsp3) is 0.667. The number of hydrogen-bond donors (Lipinski definition) is 3. The highest BCUT2D eigenvalue weighted by molar-refractivity contribution is 5.80. The van der Waals surface area contributed by atoms with Crippen LogP contribution in [-0.2, 0) is 11.2 Å². The van der Waals surface area contributed by atoms with E-state index >= 15 is 0 Å². The number of ether oxygens (including phenoxy) is 1. The van der Waals surface area contributed by atoms with Gasteiger partial charge in [-0.05, 0) is 69.7 Å². The van der Waals surface area contributed by atoms with E-state index in [1.807, 2.05) is 24.3 Å². The standard InChI is InChI=1S/C24H39N5O2/c1-3-15-29-16-12-21(13-17-29)28-24(25-4-2)26-14-11-19-5-9-22(10-6-19)31-18-23(30)27-20-7-8-20/h5-6,9-10,20-21H,3-4,7-8,11-18H2,1-2H3,(H,27,30)(H2,25,26,28). The normalized spacial score (nSPS) is 17.9. The lowest BCUT2D eigenvalue weighted by Gasteiger charge is -2.32. The fourth-order valence-corrected chi connectivity index (χ4v) is 3.83. The van der Waals surface area contributed by atoms with E-state index in [0.29, 0.717) is 12.1 Å². The van der Waals surface area contributed by atoms with Crippen LogP contribution in [0.25, 0.3) is 0 Å². The summed E-state index contributed by atoms with van der Waals surface area (Å²) in [6, 6.07) is 8.82. The zero-order valence-electron chi connectivity index (χ0n) is 19.2. The first-order valence-electron chi connectivity index (χ1n) is 11.9. The minimum atomic E-state index is -0.0413. The van der Waals surface area contributed by atoms with E-state index in [4.69, 9.17) is 9.73 Å². The number of nitrogens with one attached hydrogen (secondary N) is 3. The fourth-order valence-electron chi connectivity index (χ4n) is 3.83. The summed E-state index contributed by atoms with van der Waals surface area (Å²) in [6.45, 7) is 9.56. The van der Waals surface area contributed by atoms with Gasteiger partial charge in [-0.1, -0.05) is 19.1 Å². The quantitative estimate of drug-likeness (QED) is 0.372. The van der Waals surface area contributed by atoms with Crippen molar-refractivity contribution in [2.24, 2.45) is 4.99 Å². The summed E-state index contributed by atoms with van der Waals surface area (Å²) < 4.78 is 5.57. The van der Waals surface area contributed by atoms with Crippen LogP contribution in [-0.4, -0.2) is 68.2 Å². The minimum Gasteiger partial charge on any atom is -0.484 e. The Morgan fingerprint density at radius 2 is 1.77 bits per heavy atom. The van der Waals surface area contributed by atoms with Crippen molar-refractivity contribution in [2.45, 2.75) is 64.5 Å². The lowest BCUT2D eigenvalue weighted by Crippen LogP contribution is -2.48. The number of carbonyl (C=O) groups excluding carboxylic acids is 1. The molecule has 0 radical (unpaired) electrons. The number of benzene rings is 1. The van der Waals surface area contributed by atoms with Crippen LogP contribution in [0.15, 0.2) is 29.3 Å². The van der Waals surface area contributed by atoms with Crippen molar-refractivity contribution in [2.75, 3.05) is 39.3 Å². The highest BCUT2D eigenvalue weighted by Crippen LogP contribution is 2.18. The number of amides is 1. The molecule has 0 spiro atoms. The van der Waals surface area contributed by atoms with Gasteiger partial charge in [-0.15, -0.1) is 0 Å². The molecule has 0 atom stereocenters. The van der Waals surface area contributed by atoms with Gasteiger partial charge in [0, 0.05) is 38.3 Å². The second-order valence-electron chi connectivity index (χ2n) is 8.55. The van der Waals surface area contributed by atoms with E-state index in [1.165, 1.54) is 44.5 Å². The first-order valence-corrected chi connectivity index (χ1v) is 11.9. The Labute approximate surface area is 187 Å². The average molecular weight is 430 g/mol. The molecule has 7 heteroatoms. The molecule has 1 aromatic carbocycles. The minimum absolute atomic E-state index is 0.0413. The molecule has 1 saturated heterocycles. The van der Waals surface area contributed by atoms with Gasteiger partial charge in [-0.3, -0.25) is 9.79 Å². The van der Waals surface area contributed by atoms with E-state index < -0.39 is 0 Å². The number of guanidine groups is 1. The zero-order chi connectivity index (χ0) is 21.9. The summed E-state index contributed by atoms with van der Waals surface area (Å²) in [5.41, 5.74) is 1.21. The summed E-state index contributed by atoms with van der Waals surface area (Å²) >= 11 is 0. The molecular formula is C24H39N5O2. The smallest absolute Gasteiger partial charge is 0.258 e. The summed E-state index contributed by atoms with van der Waals surface area (Å²) in [5, 5.41) is 9.92. The predicted molar refractivity (Wildman–Crippen MR) is 126 cm³/mol. The van der Waals surface area contributed by atoms with Crippen molar-refractivity contribution in [3.63, 3.8) is 0 Å². The Morgan fingerprint density at radius 3 is 2.42 bits per heavy atom. The van der Waals surface area contributed by atoms with E-state index in [1.54, 1.807) is 0 Å². The van der Waals surface area contributed by atoms with Gasteiger partial charge >= 0.3 is 0 Å². The number of likely N-dealkylation sites (tertiary alicyclic amines) is 1. The molecule has 1 aliphatic heterocycles. The zero-order valence-corrected chi connectivity index (χ0v) is 19.2. The van der Waals surface area contributed by atoms with Crippen molar-refractivity contribution in [3.05, 3.63) is 29.8 Å². The van der Waals surface area contributed by atoms with Crippen molar-refractivity contribution < 1.29 is 9.53 Å². The number of carbonyl (C=O) groups is 1. The lowest BCUT2D eigenvalue weighted by molar-refractivity contribution is -0.123. The van der Waals surface area contributed by atoms with E-state index in [0.717, 1.165) is 44.1 Å². The van der Waals surface area contributed by atoms with E-state index in [-0.39, 0.29) is 12.5 Å². The van der Waals surface area contributed by atoms with Gasteiger partial charge in [0.1, 0.15) is 5.75 Å². The Bertz CT molecular complexity index is 694. The maximum absolute atomic E-state index is 11.7. The Balaban J connectivity index is 1.39. The Hall–Kier alpha value is -2.28. The number of rotatable bonds is 11. The number of aliphatic imine (C=N–C) groups is 1. The summed E-state index contributed by atoms with van der Waals surface area (Å²) in [6.07, 6.45) is 6.62. The Morgan fingerprint density at radius 1 is 1.06 bits per heavy atom. The third kappa shape index (κ3) is 8.77. The van der Waals surface area contributed by atoms with Crippen LogP contribution >= 0.6 is 0 Å². The molecule has 7 nitrogen and oxygen atoms in total. The monoisotopic (exact) mass is 429 g/mol. The second-order valence-corrected chi connectivity index (χ2v) is 8.55. The highest BCUT2D eigenvalue weighted by Gasteiger charge is 2.23. The van der Waals surface area contributed by atoms with Crippen LogP contribution in [0.5, 0.6) is 5.75 Å². The molecule has 1 amide bonds. The third-order valence-corrected chi connectivity index (χ3v) is 5.72. The van der Waals surface area contributed by atoms with Gasteiger partial charge in [0.25, 0.3) is 5.91 Å². The second kappa shape index (κ2) is 12.5. The largest absolute Gasteiger partial charge is 0.484 e. The van der Waals surface area contributed by atoms with Crippen LogP contribution in [0.3, 0.4) is 0 Å². The molecule has 0 aromatic heterocycles. The maximum atomic E-state index is 11.7. The molecular weight excluding hydrogens is 390 g/mol. The first kappa shape index (κ1) is 23.4. The van der Waals surface area contributed by atoms with Crippen molar-refractivity contribution in [1.82, 2.24) is 20.9 Å². The van der Waals surface area contributed by atoms with Gasteiger partial charge in [-0.25, -0.2) is 0 Å². The van der Waals surface area contributed by atoms with Gasteiger partial charge in [-0.2, -0.15) is 0 Å². The molecule has 3 N–H and O–H groups in total. The predicted octanol–water partition coefficient (Wildman–Crippen LogP) is 2.32. The van der Waals surface area contributed by atoms with E-state index in [9.17, 15) is 4.79 Å². The van der Waals surface area contributed by atoms with Crippen LogP contribution < -0.4 is 20.7 Å². The Kier molecular flexibility index (Phi) is 9.46. The molecule has 1 aliphatic carbocycles. The average Bonchev–Trinajstić information content (AvgIpc) is 3.59. The van der Waals surface area contributed by atoms with Gasteiger partial charge in [0.2, 0.25) is 0 Å². The van der Waals surface area contributed by atoms with E-state index in [2.05, 4.69) is 34.7 Å². The van der Waals surface area contributed by atoms with Gasteiger partial charge in [0.15, 0.2) is 12.6 Å². The molecule has 2 aliphatic rings. The summed E-state index contributed by atoms with van der Waals surface area (Å²) in [4.78, 5) is 19.0. The van der Waals surface area contributed by atoms with Crippen LogP contribution in [0.2, 0.25) is 0 Å². The molecule has 0 bridgehead atoms. The first-order chi connectivity index (χ1) is 15.2. The SMILES string of the molecule is CCCN1CCC(NC(=NCCc2ccc(OCC(=O)NC3CC3)cc2)NCC)CC1. The maximum Gasteiger partial charge on any atom is 0.258 e. The molecule has 1 heterocycles. The number of hydrogen-bond acceptors (Lipinski definition) is 4. The van der Waals surface area contributed by atoms with Crippen molar-refractivity contribution in [3.8, 4) is 5.75 Å². The van der Waals surface area contributed by atoms with Gasteiger partial charge in [0.05, 0.1) is 0 Å². The molecule has 172 valence electrons. The number of piperidine rings is 1. The lowest BCUT2D eigenvalue weighted by atomic mass is 10.1. The van der Waals surface area contributed by atoms with Crippen LogP contribution in [0.1, 0.15) is 51.5 Å². The molecule has 2 fully saturated rings. The molecule has 1 aromatic rings. The van der Waals surface area contributed by atoms with Crippen LogP contribution in [0, 0.1) is 0 Å². The molecule has 31 heavy (non-hydrogen) atoms. The molecule has 3 rings (SSSR count). The van der Waals surface area contributed by atoms with Crippen LogP contribution in [0.4, 0.5) is 0 Å².